The molecule has 1 aromatic rings. The molecular formula is C11H19N3OS. The van der Waals surface area contributed by atoms with E-state index in [2.05, 4.69) is 24.0 Å². The van der Waals surface area contributed by atoms with Gasteiger partial charge in [-0.3, -0.25) is 0 Å². The van der Waals surface area contributed by atoms with Crippen LogP contribution in [0.5, 0.6) is 0 Å². The van der Waals surface area contributed by atoms with Crippen LogP contribution in [0.1, 0.15) is 38.9 Å². The molecule has 5 heteroatoms. The predicted octanol–water partition coefficient (Wildman–Crippen LogP) is 2.43. The van der Waals surface area contributed by atoms with Crippen molar-refractivity contribution < 1.29 is 4.52 Å². The third kappa shape index (κ3) is 2.35. The van der Waals surface area contributed by atoms with Crippen molar-refractivity contribution in [2.75, 3.05) is 6.54 Å². The van der Waals surface area contributed by atoms with E-state index in [9.17, 15) is 0 Å². The van der Waals surface area contributed by atoms with Gasteiger partial charge in [-0.05, 0) is 48.9 Å². The van der Waals surface area contributed by atoms with E-state index >= 15 is 0 Å². The van der Waals surface area contributed by atoms with Crippen LogP contribution in [0, 0.1) is 15.7 Å². The second-order valence-electron chi connectivity index (χ2n) is 5.75. The molecule has 1 saturated carbocycles. The molecule has 1 aromatic heterocycles. The number of nitrogens with one attached hydrogen (secondary N) is 1. The van der Waals surface area contributed by atoms with Crippen LogP contribution in [0.4, 0.5) is 0 Å². The Labute approximate surface area is 101 Å². The average molecular weight is 241 g/mol. The molecule has 1 aliphatic rings. The first-order chi connectivity index (χ1) is 7.45. The summed E-state index contributed by atoms with van der Waals surface area (Å²) in [5, 5.41) is 2.77. The molecule has 1 fully saturated rings. The summed E-state index contributed by atoms with van der Waals surface area (Å²) >= 11 is 4.85. The van der Waals surface area contributed by atoms with Crippen LogP contribution in [0.2, 0.25) is 0 Å². The van der Waals surface area contributed by atoms with Gasteiger partial charge in [0.15, 0.2) is 0 Å². The van der Waals surface area contributed by atoms with Crippen LogP contribution in [-0.4, -0.2) is 16.7 Å². The van der Waals surface area contributed by atoms with Crippen LogP contribution in [0.25, 0.3) is 0 Å². The second-order valence-corrected chi connectivity index (χ2v) is 6.10. The minimum Gasteiger partial charge on any atom is -0.348 e. The highest BCUT2D eigenvalue weighted by Gasteiger charge is 2.42. The topological polar surface area (TPSA) is 67.8 Å². The molecule has 90 valence electrons. The van der Waals surface area contributed by atoms with Crippen LogP contribution in [-0.2, 0) is 6.42 Å². The molecule has 1 heterocycles. The highest BCUT2D eigenvalue weighted by molar-refractivity contribution is 7.71. The summed E-state index contributed by atoms with van der Waals surface area (Å²) in [4.78, 5) is 4.43. The molecule has 4 nitrogen and oxygen atoms in total. The Morgan fingerprint density at radius 3 is 2.69 bits per heavy atom. The number of aromatic nitrogens is 2. The number of aromatic amines is 1. The van der Waals surface area contributed by atoms with E-state index in [0.29, 0.717) is 12.0 Å². The standard InChI is InChI=1S/C11H19N3OS/c1-10(2)3-4-11(6-10,7-12)5-8-13-9(16)15-14-8/h3-7,12H2,1-2H3,(H,13,14,16)/t11-/m0/s1. The second kappa shape index (κ2) is 3.96. The Kier molecular flexibility index (Phi) is 2.92. The monoisotopic (exact) mass is 241 g/mol. The lowest BCUT2D eigenvalue weighted by atomic mass is 9.79. The molecule has 0 saturated heterocycles. The van der Waals surface area contributed by atoms with Crippen LogP contribution in [0.3, 0.4) is 0 Å². The lowest BCUT2D eigenvalue weighted by molar-refractivity contribution is 0.252. The van der Waals surface area contributed by atoms with Crippen molar-refractivity contribution in [3.63, 3.8) is 0 Å². The summed E-state index contributed by atoms with van der Waals surface area (Å²) in [5.74, 6) is 0.827. The van der Waals surface area contributed by atoms with Gasteiger partial charge in [0.1, 0.15) is 5.82 Å². The number of H-pyrrole nitrogens is 1. The Bertz CT molecular complexity index is 423. The highest BCUT2D eigenvalue weighted by Crippen LogP contribution is 2.49. The van der Waals surface area contributed by atoms with Gasteiger partial charge in [0.05, 0.1) is 0 Å². The Morgan fingerprint density at radius 2 is 2.25 bits per heavy atom. The Balaban J connectivity index is 2.15. The molecule has 3 N–H and O–H groups in total. The number of nitrogens with two attached hydrogens (primary N) is 1. The summed E-state index contributed by atoms with van der Waals surface area (Å²) in [7, 11) is 0. The first-order valence-electron chi connectivity index (χ1n) is 5.69. The van der Waals surface area contributed by atoms with Crippen LogP contribution >= 0.6 is 12.2 Å². The molecular weight excluding hydrogens is 222 g/mol. The molecule has 2 rings (SSSR count). The molecule has 0 radical (unpaired) electrons. The predicted molar refractivity (Wildman–Crippen MR) is 64.5 cm³/mol. The fraction of sp³-hybridized carbons (Fsp3) is 0.818. The minimum absolute atomic E-state index is 0.165. The number of hydrogen-bond acceptors (Lipinski definition) is 4. The zero-order valence-corrected chi connectivity index (χ0v) is 10.7. The third-order valence-electron chi connectivity index (χ3n) is 3.64. The van der Waals surface area contributed by atoms with Gasteiger partial charge in [0, 0.05) is 6.42 Å². The molecule has 0 amide bonds. The van der Waals surface area contributed by atoms with Crippen molar-refractivity contribution in [1.29, 1.82) is 0 Å². The molecule has 0 bridgehead atoms. The van der Waals surface area contributed by atoms with Crippen molar-refractivity contribution in [1.82, 2.24) is 10.1 Å². The molecule has 0 spiro atoms. The molecule has 1 aliphatic carbocycles. The van der Waals surface area contributed by atoms with Gasteiger partial charge in [-0.25, -0.2) is 5.16 Å². The van der Waals surface area contributed by atoms with Gasteiger partial charge < -0.3 is 10.3 Å². The Morgan fingerprint density at radius 1 is 1.50 bits per heavy atom. The zero-order chi connectivity index (χ0) is 11.8. The van der Waals surface area contributed by atoms with E-state index in [1.54, 1.807) is 0 Å². The largest absolute Gasteiger partial charge is 0.348 e. The summed E-state index contributed by atoms with van der Waals surface area (Å²) < 4.78 is 4.95. The van der Waals surface area contributed by atoms with Gasteiger partial charge in [-0.1, -0.05) is 13.8 Å². The van der Waals surface area contributed by atoms with Crippen molar-refractivity contribution in [2.24, 2.45) is 16.6 Å². The molecule has 0 unspecified atom stereocenters. The lowest BCUT2D eigenvalue weighted by Crippen LogP contribution is -2.31. The molecule has 0 aliphatic heterocycles. The number of hydrogen-bond donors (Lipinski definition) is 2. The minimum atomic E-state index is 0.165. The normalized spacial score (nSPS) is 28.4. The maximum absolute atomic E-state index is 5.95. The van der Waals surface area contributed by atoms with E-state index in [-0.39, 0.29) is 10.3 Å². The first-order valence-corrected chi connectivity index (χ1v) is 6.10. The van der Waals surface area contributed by atoms with E-state index in [1.807, 2.05) is 0 Å². The summed E-state index contributed by atoms with van der Waals surface area (Å²) in [6, 6.07) is 0. The highest BCUT2D eigenvalue weighted by atomic mass is 32.1. The third-order valence-corrected chi connectivity index (χ3v) is 3.82. The van der Waals surface area contributed by atoms with Crippen molar-refractivity contribution in [3.05, 3.63) is 10.7 Å². The molecule has 1 atom stereocenters. The Hall–Kier alpha value is -0.680. The fourth-order valence-corrected chi connectivity index (χ4v) is 3.03. The maximum Gasteiger partial charge on any atom is 0.314 e. The molecule has 16 heavy (non-hydrogen) atoms. The van der Waals surface area contributed by atoms with Crippen molar-refractivity contribution in [3.8, 4) is 0 Å². The summed E-state index contributed by atoms with van der Waals surface area (Å²) in [6.45, 7) is 5.30. The van der Waals surface area contributed by atoms with Crippen molar-refractivity contribution >= 4 is 12.2 Å². The van der Waals surface area contributed by atoms with E-state index < -0.39 is 0 Å². The van der Waals surface area contributed by atoms with Gasteiger partial charge in [-0.2, -0.15) is 4.98 Å². The van der Waals surface area contributed by atoms with Crippen molar-refractivity contribution in [2.45, 2.75) is 39.5 Å². The van der Waals surface area contributed by atoms with Crippen LogP contribution in [0.15, 0.2) is 4.52 Å². The van der Waals surface area contributed by atoms with Gasteiger partial charge in [-0.15, -0.1) is 0 Å². The first kappa shape index (κ1) is 11.8. The lowest BCUT2D eigenvalue weighted by Gasteiger charge is -2.28. The average Bonchev–Trinajstić information content (AvgIpc) is 2.72. The quantitative estimate of drug-likeness (QED) is 0.798. The van der Waals surface area contributed by atoms with E-state index in [0.717, 1.165) is 25.1 Å². The zero-order valence-electron chi connectivity index (χ0n) is 9.88. The van der Waals surface area contributed by atoms with Gasteiger partial charge in [0.25, 0.3) is 0 Å². The number of rotatable bonds is 3. The number of nitrogens with zero attached hydrogens (tertiary/aromatic N) is 1. The fourth-order valence-electron chi connectivity index (χ4n) is 2.88. The van der Waals surface area contributed by atoms with Crippen LogP contribution < -0.4 is 5.73 Å². The molecule has 0 aromatic carbocycles. The van der Waals surface area contributed by atoms with Gasteiger partial charge >= 0.3 is 4.84 Å². The maximum atomic E-state index is 5.95. The summed E-state index contributed by atoms with van der Waals surface area (Å²) in [5.41, 5.74) is 6.50. The summed E-state index contributed by atoms with van der Waals surface area (Å²) in [6.07, 6.45) is 4.36. The van der Waals surface area contributed by atoms with E-state index in [4.69, 9.17) is 22.5 Å². The smallest absolute Gasteiger partial charge is 0.314 e. The SMILES string of the molecule is CC1(C)CC[C@](CN)(Cc2nc(=S)o[nH]2)C1. The van der Waals surface area contributed by atoms with E-state index in [1.165, 1.54) is 6.42 Å². The van der Waals surface area contributed by atoms with Gasteiger partial charge in [0.2, 0.25) is 0 Å².